The molecule has 0 heterocycles. The maximum absolute atomic E-state index is 12.7. The molecule has 4 nitrogen and oxygen atoms in total. The van der Waals surface area contributed by atoms with Crippen LogP contribution in [0.3, 0.4) is 0 Å². The second kappa shape index (κ2) is 11.1. The molecule has 5 heteroatoms. The molecule has 1 fully saturated rings. The van der Waals surface area contributed by atoms with Gasteiger partial charge in [-0.25, -0.2) is 0 Å². The van der Waals surface area contributed by atoms with Gasteiger partial charge in [0.1, 0.15) is 0 Å². The molecule has 0 atom stereocenters. The molecule has 0 bridgehead atoms. The Morgan fingerprint density at radius 2 is 1.59 bits per heavy atom. The predicted molar refractivity (Wildman–Crippen MR) is 121 cm³/mol. The lowest BCUT2D eigenvalue weighted by Gasteiger charge is -2.21. The minimum atomic E-state index is -0.155. The topological polar surface area (TPSA) is 58.2 Å². The summed E-state index contributed by atoms with van der Waals surface area (Å²) < 4.78 is 0. The molecule has 0 unspecified atom stereocenters. The van der Waals surface area contributed by atoms with Crippen LogP contribution in [-0.2, 0) is 4.79 Å². The summed E-state index contributed by atoms with van der Waals surface area (Å²) in [6.07, 6.45) is 8.39. The number of benzene rings is 2. The Balaban J connectivity index is 1.56. The number of aryl methyl sites for hydroxylation is 1. The summed E-state index contributed by atoms with van der Waals surface area (Å²) in [6.45, 7) is 2.01. The first-order valence-corrected chi connectivity index (χ1v) is 11.5. The molecule has 1 saturated carbocycles. The van der Waals surface area contributed by atoms with Crippen molar-refractivity contribution in [3.63, 3.8) is 0 Å². The molecule has 1 aliphatic rings. The number of amides is 2. The predicted octanol–water partition coefficient (Wildman–Crippen LogP) is 5.57. The van der Waals surface area contributed by atoms with Crippen molar-refractivity contribution in [2.45, 2.75) is 62.8 Å². The zero-order valence-electron chi connectivity index (χ0n) is 17.1. The van der Waals surface area contributed by atoms with Crippen LogP contribution in [0.2, 0.25) is 0 Å². The van der Waals surface area contributed by atoms with E-state index in [0.29, 0.717) is 17.4 Å². The van der Waals surface area contributed by atoms with Gasteiger partial charge in [-0.3, -0.25) is 9.59 Å². The Hall–Kier alpha value is -2.27. The summed E-state index contributed by atoms with van der Waals surface area (Å²) >= 11 is 1.42. The van der Waals surface area contributed by atoms with Crippen molar-refractivity contribution in [1.29, 1.82) is 0 Å². The number of carbonyl (C=O) groups is 2. The van der Waals surface area contributed by atoms with Crippen molar-refractivity contribution in [3.8, 4) is 0 Å². The van der Waals surface area contributed by atoms with Gasteiger partial charge in [0.15, 0.2) is 0 Å². The monoisotopic (exact) mass is 410 g/mol. The molecule has 0 radical (unpaired) electrons. The van der Waals surface area contributed by atoms with E-state index in [1.54, 1.807) is 6.07 Å². The van der Waals surface area contributed by atoms with Gasteiger partial charge in [-0.2, -0.15) is 0 Å². The molecular formula is C24H30N2O2S. The lowest BCUT2D eigenvalue weighted by molar-refractivity contribution is -0.119. The van der Waals surface area contributed by atoms with Gasteiger partial charge in [0.2, 0.25) is 5.91 Å². The van der Waals surface area contributed by atoms with Gasteiger partial charge < -0.3 is 10.6 Å². The Labute approximate surface area is 177 Å². The van der Waals surface area contributed by atoms with Crippen LogP contribution in [0.4, 0.5) is 5.69 Å². The minimum Gasteiger partial charge on any atom is -0.353 e. The number of hydrogen-bond acceptors (Lipinski definition) is 3. The number of carbonyl (C=O) groups excluding carboxylic acids is 2. The smallest absolute Gasteiger partial charge is 0.256 e. The van der Waals surface area contributed by atoms with E-state index in [4.69, 9.17) is 0 Å². The Kier molecular flexibility index (Phi) is 8.17. The van der Waals surface area contributed by atoms with Gasteiger partial charge in [0, 0.05) is 16.6 Å². The number of nitrogens with one attached hydrogen (secondary N) is 2. The number of rotatable bonds is 6. The number of thioether (sulfide) groups is 1. The van der Waals surface area contributed by atoms with E-state index in [0.717, 1.165) is 29.0 Å². The highest BCUT2D eigenvalue weighted by Gasteiger charge is 2.16. The van der Waals surface area contributed by atoms with Crippen molar-refractivity contribution >= 4 is 29.3 Å². The van der Waals surface area contributed by atoms with Crippen LogP contribution in [0.5, 0.6) is 0 Å². The van der Waals surface area contributed by atoms with Crippen LogP contribution >= 0.6 is 11.8 Å². The quantitative estimate of drug-likeness (QED) is 0.612. The van der Waals surface area contributed by atoms with E-state index in [9.17, 15) is 9.59 Å². The Morgan fingerprint density at radius 1 is 0.931 bits per heavy atom. The van der Waals surface area contributed by atoms with E-state index in [-0.39, 0.29) is 11.8 Å². The fraction of sp³-hybridized carbons (Fsp3) is 0.417. The maximum atomic E-state index is 12.7. The average Bonchev–Trinajstić information content (AvgIpc) is 2.70. The van der Waals surface area contributed by atoms with Crippen LogP contribution in [0, 0.1) is 6.92 Å². The second-order valence-electron chi connectivity index (χ2n) is 7.71. The van der Waals surface area contributed by atoms with Gasteiger partial charge in [0.05, 0.1) is 11.3 Å². The molecule has 154 valence electrons. The number of hydrogen-bond donors (Lipinski definition) is 2. The Bertz CT molecular complexity index is 812. The van der Waals surface area contributed by atoms with Crippen molar-refractivity contribution in [2.24, 2.45) is 0 Å². The fourth-order valence-electron chi connectivity index (χ4n) is 3.63. The summed E-state index contributed by atoms with van der Waals surface area (Å²) in [6, 6.07) is 15.5. The van der Waals surface area contributed by atoms with Crippen molar-refractivity contribution in [3.05, 3.63) is 59.7 Å². The summed E-state index contributed by atoms with van der Waals surface area (Å²) in [4.78, 5) is 26.0. The van der Waals surface area contributed by atoms with Crippen molar-refractivity contribution < 1.29 is 9.59 Å². The van der Waals surface area contributed by atoms with Gasteiger partial charge in [-0.1, -0.05) is 61.9 Å². The highest BCUT2D eigenvalue weighted by atomic mass is 32.2. The summed E-state index contributed by atoms with van der Waals surface area (Å²) in [7, 11) is 0. The summed E-state index contributed by atoms with van der Waals surface area (Å²) in [5.74, 6) is 0.220. The molecule has 2 aromatic carbocycles. The van der Waals surface area contributed by atoms with E-state index < -0.39 is 0 Å². The first-order chi connectivity index (χ1) is 14.1. The SMILES string of the molecule is Cc1ccc(NC(=O)c2ccccc2SCC(=O)NC2CCCCCCC2)cc1. The third-order valence-electron chi connectivity index (χ3n) is 5.27. The maximum Gasteiger partial charge on any atom is 0.256 e. The highest BCUT2D eigenvalue weighted by molar-refractivity contribution is 8.00. The van der Waals surface area contributed by atoms with Crippen molar-refractivity contribution in [1.82, 2.24) is 5.32 Å². The van der Waals surface area contributed by atoms with Crippen molar-refractivity contribution in [2.75, 3.05) is 11.1 Å². The first kappa shape index (κ1) is 21.4. The number of anilines is 1. The Morgan fingerprint density at radius 3 is 2.31 bits per heavy atom. The molecule has 1 aliphatic carbocycles. The van der Waals surface area contributed by atoms with Crippen LogP contribution in [-0.4, -0.2) is 23.6 Å². The normalized spacial score (nSPS) is 15.2. The molecule has 2 N–H and O–H groups in total. The first-order valence-electron chi connectivity index (χ1n) is 10.5. The van der Waals surface area contributed by atoms with Crippen LogP contribution in [0.25, 0.3) is 0 Å². The molecule has 0 spiro atoms. The van der Waals surface area contributed by atoms with Gasteiger partial charge in [0.25, 0.3) is 5.91 Å². The molecule has 29 heavy (non-hydrogen) atoms. The third kappa shape index (κ3) is 6.93. The average molecular weight is 411 g/mol. The van der Waals surface area contributed by atoms with Gasteiger partial charge in [-0.15, -0.1) is 11.8 Å². The third-order valence-corrected chi connectivity index (χ3v) is 6.34. The van der Waals surface area contributed by atoms with E-state index >= 15 is 0 Å². The largest absolute Gasteiger partial charge is 0.353 e. The van der Waals surface area contributed by atoms with E-state index in [1.165, 1.54) is 43.9 Å². The zero-order chi connectivity index (χ0) is 20.5. The van der Waals surface area contributed by atoms with Crippen LogP contribution in [0.1, 0.15) is 60.9 Å². The molecule has 2 amide bonds. The standard InChI is InChI=1S/C24H30N2O2S/c1-18-13-15-20(16-14-18)26-24(28)21-11-7-8-12-22(21)29-17-23(27)25-19-9-5-3-2-4-6-10-19/h7-8,11-16,19H,2-6,9-10,17H2,1H3,(H,25,27)(H,26,28). The summed E-state index contributed by atoms with van der Waals surface area (Å²) in [5, 5.41) is 6.13. The minimum absolute atomic E-state index is 0.0503. The molecule has 3 rings (SSSR count). The van der Waals surface area contributed by atoms with Gasteiger partial charge in [-0.05, 0) is 44.0 Å². The van der Waals surface area contributed by atoms with Gasteiger partial charge >= 0.3 is 0 Å². The lowest BCUT2D eigenvalue weighted by atomic mass is 9.97. The van der Waals surface area contributed by atoms with E-state index in [1.807, 2.05) is 49.4 Å². The lowest BCUT2D eigenvalue weighted by Crippen LogP contribution is -2.36. The molecule has 0 aliphatic heterocycles. The zero-order valence-corrected chi connectivity index (χ0v) is 17.9. The fourth-order valence-corrected chi connectivity index (χ4v) is 4.49. The summed E-state index contributed by atoms with van der Waals surface area (Å²) in [5.41, 5.74) is 2.51. The molecule has 2 aromatic rings. The highest BCUT2D eigenvalue weighted by Crippen LogP contribution is 2.24. The van der Waals surface area contributed by atoms with Crippen LogP contribution < -0.4 is 10.6 Å². The molecule has 0 aromatic heterocycles. The molecular weight excluding hydrogens is 380 g/mol. The van der Waals surface area contributed by atoms with E-state index in [2.05, 4.69) is 10.6 Å². The van der Waals surface area contributed by atoms with Crippen LogP contribution in [0.15, 0.2) is 53.4 Å². The second-order valence-corrected chi connectivity index (χ2v) is 8.73. The molecule has 0 saturated heterocycles.